The van der Waals surface area contributed by atoms with Gasteiger partial charge in [0.25, 0.3) is 5.56 Å². The Balaban J connectivity index is 2.75. The highest BCUT2D eigenvalue weighted by Crippen LogP contribution is 2.31. The molecule has 0 aromatic carbocycles. The molecule has 2 heterocycles. The van der Waals surface area contributed by atoms with Crippen LogP contribution in [0, 0.1) is 0 Å². The van der Waals surface area contributed by atoms with Crippen LogP contribution in [0.4, 0.5) is 5.82 Å². The van der Waals surface area contributed by atoms with Crippen molar-refractivity contribution in [3.8, 4) is 0 Å². The number of aromatic nitrogens is 3. The maximum atomic E-state index is 12.2. The van der Waals surface area contributed by atoms with Crippen molar-refractivity contribution in [3.05, 3.63) is 28.8 Å². The highest BCUT2D eigenvalue weighted by molar-refractivity contribution is 8.68. The smallest absolute Gasteiger partial charge is 0.264 e. The molecule has 2 aromatic rings. The third-order valence-corrected chi connectivity index (χ3v) is 4.43. The summed E-state index contributed by atoms with van der Waals surface area (Å²) in [6.45, 7) is 3.79. The molecule has 0 aliphatic rings. The van der Waals surface area contributed by atoms with E-state index in [4.69, 9.17) is 5.73 Å². The summed E-state index contributed by atoms with van der Waals surface area (Å²) in [7, 11) is 1.28. The van der Waals surface area contributed by atoms with Crippen LogP contribution in [0.15, 0.2) is 23.3 Å². The van der Waals surface area contributed by atoms with Crippen LogP contribution in [-0.4, -0.2) is 14.5 Å². The highest BCUT2D eigenvalue weighted by atomic mass is 33.1. The molecule has 90 valence electrons. The molecule has 0 saturated heterocycles. The van der Waals surface area contributed by atoms with Gasteiger partial charge in [-0.2, -0.15) is 0 Å². The number of nitrogen functional groups attached to an aromatic ring is 1. The minimum absolute atomic E-state index is 0.144. The standard InChI is InChI=1S/C10H12N4OS2/c1-10(2,17-16)14-5-12-8-6(9(14)15)3-4-7(11)13-8/h3-5,16H,1-2H3,(H2,11,13). The molecular weight excluding hydrogens is 256 g/mol. The van der Waals surface area contributed by atoms with Crippen LogP contribution in [0.2, 0.25) is 0 Å². The number of nitrogens with zero attached hydrogens (tertiary/aromatic N) is 3. The first-order valence-corrected chi connectivity index (χ1v) is 6.79. The Morgan fingerprint density at radius 1 is 1.47 bits per heavy atom. The maximum Gasteiger partial charge on any atom is 0.264 e. The summed E-state index contributed by atoms with van der Waals surface area (Å²) >= 11 is 4.16. The van der Waals surface area contributed by atoms with E-state index in [-0.39, 0.29) is 5.56 Å². The summed E-state index contributed by atoms with van der Waals surface area (Å²) in [6.07, 6.45) is 1.47. The molecule has 2 aromatic heterocycles. The van der Waals surface area contributed by atoms with Gasteiger partial charge in [-0.15, -0.1) is 11.7 Å². The number of fused-ring (bicyclic) bond motifs is 1. The molecule has 0 atom stereocenters. The molecule has 5 nitrogen and oxygen atoms in total. The topological polar surface area (TPSA) is 73.8 Å². The van der Waals surface area contributed by atoms with E-state index in [1.165, 1.54) is 21.7 Å². The molecular formula is C10H12N4OS2. The monoisotopic (exact) mass is 268 g/mol. The predicted molar refractivity (Wildman–Crippen MR) is 74.1 cm³/mol. The first-order valence-electron chi connectivity index (χ1n) is 4.92. The van der Waals surface area contributed by atoms with Crippen LogP contribution in [0.3, 0.4) is 0 Å². The quantitative estimate of drug-likeness (QED) is 0.640. The summed E-state index contributed by atoms with van der Waals surface area (Å²) in [4.78, 5) is 19.9. The van der Waals surface area contributed by atoms with Gasteiger partial charge >= 0.3 is 0 Å². The summed E-state index contributed by atoms with van der Waals surface area (Å²) in [5, 5.41) is 0.456. The number of hydrogen-bond acceptors (Lipinski definition) is 6. The van der Waals surface area contributed by atoms with Gasteiger partial charge in [0.2, 0.25) is 0 Å². The molecule has 2 rings (SSSR count). The molecule has 0 amide bonds. The Labute approximate surface area is 107 Å². The van der Waals surface area contributed by atoms with E-state index in [0.717, 1.165) is 0 Å². The molecule has 2 N–H and O–H groups in total. The molecule has 17 heavy (non-hydrogen) atoms. The van der Waals surface area contributed by atoms with Crippen molar-refractivity contribution in [2.45, 2.75) is 18.7 Å². The first-order chi connectivity index (χ1) is 7.95. The van der Waals surface area contributed by atoms with Crippen molar-refractivity contribution < 1.29 is 0 Å². The van der Waals surface area contributed by atoms with Gasteiger partial charge in [0.15, 0.2) is 5.65 Å². The van der Waals surface area contributed by atoms with Gasteiger partial charge < -0.3 is 5.73 Å². The number of anilines is 1. The third kappa shape index (κ3) is 2.12. The van der Waals surface area contributed by atoms with E-state index in [0.29, 0.717) is 16.9 Å². The lowest BCUT2D eigenvalue weighted by atomic mass is 10.3. The Hall–Kier alpha value is -1.21. The molecule has 0 saturated carbocycles. The minimum atomic E-state index is -0.469. The Kier molecular flexibility index (Phi) is 3.05. The van der Waals surface area contributed by atoms with Crippen molar-refractivity contribution in [2.24, 2.45) is 0 Å². The molecule has 0 aliphatic carbocycles. The van der Waals surface area contributed by atoms with Gasteiger partial charge in [-0.25, -0.2) is 9.97 Å². The average Bonchev–Trinajstić information content (AvgIpc) is 2.28. The van der Waals surface area contributed by atoms with Crippen LogP contribution >= 0.6 is 22.5 Å². The second-order valence-corrected chi connectivity index (χ2v) is 5.79. The van der Waals surface area contributed by atoms with Crippen molar-refractivity contribution in [1.29, 1.82) is 0 Å². The summed E-state index contributed by atoms with van der Waals surface area (Å²) in [5.74, 6) is 0.352. The van der Waals surface area contributed by atoms with Gasteiger partial charge in [-0.1, -0.05) is 10.8 Å². The van der Waals surface area contributed by atoms with Gasteiger partial charge in [0.1, 0.15) is 12.1 Å². The third-order valence-electron chi connectivity index (χ3n) is 2.44. The van der Waals surface area contributed by atoms with Crippen LogP contribution in [0.25, 0.3) is 11.0 Å². The minimum Gasteiger partial charge on any atom is -0.384 e. The van der Waals surface area contributed by atoms with E-state index in [1.54, 1.807) is 12.1 Å². The van der Waals surface area contributed by atoms with Crippen LogP contribution < -0.4 is 11.3 Å². The molecule has 0 aliphatic heterocycles. The molecule has 0 spiro atoms. The maximum absolute atomic E-state index is 12.2. The summed E-state index contributed by atoms with van der Waals surface area (Å²) in [5.41, 5.74) is 5.77. The molecule has 0 unspecified atom stereocenters. The van der Waals surface area contributed by atoms with Gasteiger partial charge in [0.05, 0.1) is 10.3 Å². The fourth-order valence-corrected chi connectivity index (χ4v) is 1.93. The Morgan fingerprint density at radius 3 is 2.82 bits per heavy atom. The lowest BCUT2D eigenvalue weighted by Crippen LogP contribution is -2.33. The summed E-state index contributed by atoms with van der Waals surface area (Å²) < 4.78 is 1.53. The van der Waals surface area contributed by atoms with E-state index in [2.05, 4.69) is 21.6 Å². The van der Waals surface area contributed by atoms with Gasteiger partial charge in [-0.05, 0) is 26.0 Å². The molecule has 0 fully saturated rings. The number of pyridine rings is 1. The van der Waals surface area contributed by atoms with Crippen LogP contribution in [0.5, 0.6) is 0 Å². The largest absolute Gasteiger partial charge is 0.384 e. The second-order valence-electron chi connectivity index (χ2n) is 4.07. The summed E-state index contributed by atoms with van der Waals surface area (Å²) in [6, 6.07) is 3.24. The Bertz CT molecular complexity index is 623. The molecule has 0 bridgehead atoms. The highest BCUT2D eigenvalue weighted by Gasteiger charge is 2.22. The Morgan fingerprint density at radius 2 is 2.18 bits per heavy atom. The zero-order valence-corrected chi connectivity index (χ0v) is 11.1. The number of hydrogen-bond donors (Lipinski definition) is 2. The van der Waals surface area contributed by atoms with E-state index >= 15 is 0 Å². The fourth-order valence-electron chi connectivity index (χ4n) is 1.45. The van der Waals surface area contributed by atoms with Crippen molar-refractivity contribution in [2.75, 3.05) is 5.73 Å². The second kappa shape index (κ2) is 4.23. The van der Waals surface area contributed by atoms with Crippen molar-refractivity contribution in [1.82, 2.24) is 14.5 Å². The lowest BCUT2D eigenvalue weighted by Gasteiger charge is -2.23. The zero-order valence-electron chi connectivity index (χ0n) is 9.41. The SMILES string of the molecule is CC(C)(SS)n1cnc2nc(N)ccc2c1=O. The molecule has 7 heteroatoms. The van der Waals surface area contributed by atoms with Gasteiger partial charge in [0, 0.05) is 0 Å². The van der Waals surface area contributed by atoms with Crippen molar-refractivity contribution in [3.63, 3.8) is 0 Å². The first kappa shape index (κ1) is 12.3. The zero-order chi connectivity index (χ0) is 12.6. The molecule has 0 radical (unpaired) electrons. The number of thiol groups is 1. The van der Waals surface area contributed by atoms with E-state index in [1.807, 2.05) is 13.8 Å². The number of rotatable bonds is 2. The fraction of sp³-hybridized carbons (Fsp3) is 0.300. The lowest BCUT2D eigenvalue weighted by molar-refractivity contribution is 0.517. The average molecular weight is 268 g/mol. The predicted octanol–water partition coefficient (Wildman–Crippen LogP) is 1.64. The van der Waals surface area contributed by atoms with E-state index in [9.17, 15) is 4.79 Å². The van der Waals surface area contributed by atoms with Crippen molar-refractivity contribution >= 4 is 39.3 Å². The van der Waals surface area contributed by atoms with Crippen LogP contribution in [-0.2, 0) is 4.87 Å². The normalized spacial score (nSPS) is 11.9. The van der Waals surface area contributed by atoms with Crippen LogP contribution in [0.1, 0.15) is 13.8 Å². The van der Waals surface area contributed by atoms with Gasteiger partial charge in [-0.3, -0.25) is 9.36 Å². The van der Waals surface area contributed by atoms with E-state index < -0.39 is 4.87 Å². The number of nitrogens with two attached hydrogens (primary N) is 1.